The van der Waals surface area contributed by atoms with Gasteiger partial charge in [0.1, 0.15) is 18.2 Å². The minimum Gasteiger partial charge on any atom is -0.488 e. The van der Waals surface area contributed by atoms with Gasteiger partial charge in [-0.1, -0.05) is 12.1 Å². The molecule has 0 saturated heterocycles. The van der Waals surface area contributed by atoms with Gasteiger partial charge in [0.25, 0.3) is 0 Å². The maximum absolute atomic E-state index is 12.7. The maximum Gasteiger partial charge on any atom is 0.133 e. The molecule has 0 spiro atoms. The van der Waals surface area contributed by atoms with Crippen LogP contribution in [-0.2, 0) is 11.3 Å². The van der Waals surface area contributed by atoms with Gasteiger partial charge < -0.3 is 10.1 Å². The Morgan fingerprint density at radius 3 is 2.75 bits per heavy atom. The normalized spacial score (nSPS) is 14.9. The van der Waals surface area contributed by atoms with Crippen molar-refractivity contribution in [1.82, 2.24) is 5.32 Å². The summed E-state index contributed by atoms with van der Waals surface area (Å²) < 4.78 is 19.3. The molecule has 0 aromatic heterocycles. The molecule has 4 heteroatoms. The summed E-state index contributed by atoms with van der Waals surface area (Å²) in [7, 11) is 0. The van der Waals surface area contributed by atoms with Crippen LogP contribution >= 0.6 is 15.9 Å². The van der Waals surface area contributed by atoms with Crippen molar-refractivity contribution in [3.8, 4) is 0 Å². The van der Waals surface area contributed by atoms with Crippen LogP contribution in [0.5, 0.6) is 0 Å². The molecule has 0 atom stereocenters. The van der Waals surface area contributed by atoms with Crippen molar-refractivity contribution in [2.45, 2.75) is 6.61 Å². The largest absolute Gasteiger partial charge is 0.488 e. The van der Waals surface area contributed by atoms with Gasteiger partial charge in [0.15, 0.2) is 0 Å². The van der Waals surface area contributed by atoms with Crippen molar-refractivity contribution in [2.75, 3.05) is 6.54 Å². The molecule has 0 radical (unpaired) electrons. The molecule has 1 heterocycles. The van der Waals surface area contributed by atoms with Gasteiger partial charge in [0.05, 0.1) is 4.48 Å². The summed E-state index contributed by atoms with van der Waals surface area (Å²) >= 11 is 3.42. The Labute approximate surface area is 102 Å². The average Bonchev–Trinajstić information content (AvgIpc) is 2.30. The lowest BCUT2D eigenvalue weighted by Crippen LogP contribution is -2.13. The van der Waals surface area contributed by atoms with Crippen LogP contribution in [0.3, 0.4) is 0 Å². The number of rotatable bonds is 3. The number of dihydropyridines is 1. The van der Waals surface area contributed by atoms with E-state index in [1.54, 1.807) is 12.1 Å². The van der Waals surface area contributed by atoms with Crippen LogP contribution in [0.1, 0.15) is 5.56 Å². The van der Waals surface area contributed by atoms with Gasteiger partial charge in [-0.25, -0.2) is 4.39 Å². The van der Waals surface area contributed by atoms with E-state index in [-0.39, 0.29) is 5.82 Å². The van der Waals surface area contributed by atoms with E-state index in [0.717, 1.165) is 22.3 Å². The zero-order valence-corrected chi connectivity index (χ0v) is 10.1. The molecule has 1 aliphatic heterocycles. The van der Waals surface area contributed by atoms with Crippen LogP contribution in [0.25, 0.3) is 0 Å². The van der Waals surface area contributed by atoms with Crippen LogP contribution in [0, 0.1) is 5.82 Å². The molecule has 1 aromatic rings. The molecule has 0 aliphatic carbocycles. The molecule has 84 valence electrons. The number of allylic oxidation sites excluding steroid dienone is 1. The molecule has 1 aromatic carbocycles. The van der Waals surface area contributed by atoms with E-state index in [2.05, 4.69) is 21.2 Å². The lowest BCUT2D eigenvalue weighted by atomic mass is 10.2. The maximum atomic E-state index is 12.7. The summed E-state index contributed by atoms with van der Waals surface area (Å²) in [5.74, 6) is 0.578. The number of halogens is 2. The minimum absolute atomic E-state index is 0.231. The third-order valence-corrected chi connectivity index (χ3v) is 2.86. The van der Waals surface area contributed by atoms with Crippen molar-refractivity contribution in [1.29, 1.82) is 0 Å². The van der Waals surface area contributed by atoms with Crippen molar-refractivity contribution in [3.63, 3.8) is 0 Å². The van der Waals surface area contributed by atoms with E-state index < -0.39 is 0 Å². The molecule has 0 fully saturated rings. The zero-order chi connectivity index (χ0) is 11.4. The molecule has 16 heavy (non-hydrogen) atoms. The van der Waals surface area contributed by atoms with Gasteiger partial charge in [0.2, 0.25) is 0 Å². The number of ether oxygens (including phenoxy) is 1. The van der Waals surface area contributed by atoms with E-state index in [1.807, 2.05) is 12.3 Å². The standard InChI is InChI=1S/C12H11BrFNO/c13-11-7-15-6-5-12(11)16-8-9-1-3-10(14)4-2-9/h1-6,15H,7-8H2. The second kappa shape index (κ2) is 5.16. The van der Waals surface area contributed by atoms with E-state index in [1.165, 1.54) is 12.1 Å². The molecule has 0 unspecified atom stereocenters. The van der Waals surface area contributed by atoms with Crippen LogP contribution in [-0.4, -0.2) is 6.54 Å². The summed E-state index contributed by atoms with van der Waals surface area (Å²) in [5, 5.41) is 3.06. The highest BCUT2D eigenvalue weighted by Crippen LogP contribution is 2.18. The smallest absolute Gasteiger partial charge is 0.133 e. The third-order valence-electron chi connectivity index (χ3n) is 2.18. The monoisotopic (exact) mass is 283 g/mol. The molecular weight excluding hydrogens is 273 g/mol. The Bertz CT molecular complexity index is 425. The fourth-order valence-corrected chi connectivity index (χ4v) is 1.74. The van der Waals surface area contributed by atoms with Gasteiger partial charge in [0, 0.05) is 12.7 Å². The van der Waals surface area contributed by atoms with Gasteiger partial charge in [-0.2, -0.15) is 0 Å². The number of hydrogen-bond donors (Lipinski definition) is 1. The van der Waals surface area contributed by atoms with Crippen molar-refractivity contribution >= 4 is 15.9 Å². The first kappa shape index (κ1) is 11.2. The van der Waals surface area contributed by atoms with Crippen LogP contribution in [0.15, 0.2) is 46.8 Å². The van der Waals surface area contributed by atoms with Crippen molar-refractivity contribution in [3.05, 3.63) is 58.2 Å². The first-order valence-electron chi connectivity index (χ1n) is 4.91. The fourth-order valence-electron chi connectivity index (χ4n) is 1.33. The van der Waals surface area contributed by atoms with Crippen LogP contribution in [0.4, 0.5) is 4.39 Å². The number of benzene rings is 1. The van der Waals surface area contributed by atoms with Crippen molar-refractivity contribution < 1.29 is 9.13 Å². The highest BCUT2D eigenvalue weighted by Gasteiger charge is 2.06. The van der Waals surface area contributed by atoms with E-state index in [9.17, 15) is 4.39 Å². The van der Waals surface area contributed by atoms with E-state index >= 15 is 0 Å². The van der Waals surface area contributed by atoms with Crippen LogP contribution < -0.4 is 5.32 Å². The predicted molar refractivity (Wildman–Crippen MR) is 64.3 cm³/mol. The van der Waals surface area contributed by atoms with E-state index in [4.69, 9.17) is 4.74 Å². The first-order valence-corrected chi connectivity index (χ1v) is 5.71. The molecule has 0 amide bonds. The Morgan fingerprint density at radius 2 is 2.06 bits per heavy atom. The fraction of sp³-hybridized carbons (Fsp3) is 0.167. The lowest BCUT2D eigenvalue weighted by Gasteiger charge is -2.13. The van der Waals surface area contributed by atoms with Gasteiger partial charge in [-0.05, 0) is 39.7 Å². The topological polar surface area (TPSA) is 21.3 Å². The lowest BCUT2D eigenvalue weighted by molar-refractivity contribution is 0.208. The second-order valence-corrected chi connectivity index (χ2v) is 4.36. The summed E-state index contributed by atoms with van der Waals surface area (Å²) in [6.07, 6.45) is 3.70. The van der Waals surface area contributed by atoms with Crippen molar-refractivity contribution in [2.24, 2.45) is 0 Å². The van der Waals surface area contributed by atoms with E-state index in [0.29, 0.717) is 6.61 Å². The van der Waals surface area contributed by atoms with Gasteiger partial charge >= 0.3 is 0 Å². The quantitative estimate of drug-likeness (QED) is 0.921. The molecular formula is C12H11BrFNO. The Kier molecular flexibility index (Phi) is 3.62. The Morgan fingerprint density at radius 1 is 1.31 bits per heavy atom. The summed E-state index contributed by atoms with van der Waals surface area (Å²) in [5.41, 5.74) is 0.945. The molecule has 2 nitrogen and oxygen atoms in total. The molecule has 2 rings (SSSR count). The molecule has 1 N–H and O–H groups in total. The Balaban J connectivity index is 1.97. The highest BCUT2D eigenvalue weighted by atomic mass is 79.9. The zero-order valence-electron chi connectivity index (χ0n) is 8.54. The summed E-state index contributed by atoms with van der Waals surface area (Å²) in [6.45, 7) is 1.17. The summed E-state index contributed by atoms with van der Waals surface area (Å²) in [6, 6.07) is 6.30. The van der Waals surface area contributed by atoms with Crippen LogP contribution in [0.2, 0.25) is 0 Å². The SMILES string of the molecule is Fc1ccc(COC2=C(Br)CNC=C2)cc1. The van der Waals surface area contributed by atoms with Gasteiger partial charge in [-0.3, -0.25) is 0 Å². The van der Waals surface area contributed by atoms with Gasteiger partial charge in [-0.15, -0.1) is 0 Å². The highest BCUT2D eigenvalue weighted by molar-refractivity contribution is 9.11. The Hall–Kier alpha value is -1.29. The summed E-state index contributed by atoms with van der Waals surface area (Å²) in [4.78, 5) is 0. The second-order valence-electron chi connectivity index (χ2n) is 3.40. The molecule has 0 saturated carbocycles. The number of hydrogen-bond acceptors (Lipinski definition) is 2. The molecule has 0 bridgehead atoms. The average molecular weight is 284 g/mol. The third kappa shape index (κ3) is 2.85. The minimum atomic E-state index is -0.231. The predicted octanol–water partition coefficient (Wildman–Crippen LogP) is 3.07. The first-order chi connectivity index (χ1) is 7.75. The molecule has 1 aliphatic rings. The number of nitrogens with one attached hydrogen (secondary N) is 1.